The number of benzene rings is 3. The number of alkyl carbamates (subject to hydrolysis) is 1. The summed E-state index contributed by atoms with van der Waals surface area (Å²) in [6, 6.07) is 22.8. The molecule has 3 aliphatic carbocycles. The van der Waals surface area contributed by atoms with E-state index in [4.69, 9.17) is 37.9 Å². The zero-order chi connectivity index (χ0) is 61.0. The molecule has 7 N–H and O–H groups in total. The van der Waals surface area contributed by atoms with Gasteiger partial charge < -0.3 is 69.2 Å². The number of rotatable bonds is 26. The SMILES string of the molecule is CC(=O)O[C@@]12COC1C[C@H](O)C1(C)C(=O)[C@H](OC(=O)NCCCOCCOCCOCCCNCNC(=O)C(C)(C)C)C3=C(C)[C@@H](OC(=O)[C@H](O)[C@@H](NC(=O)c4ccccc4)c4ccccc4)C[C@@](O)([C@@H](OC(=O)c4ccccc4)[C@@H]12)C3(C)C. The van der Waals surface area contributed by atoms with Gasteiger partial charge in [-0.25, -0.2) is 14.4 Å². The van der Waals surface area contributed by atoms with E-state index in [0.29, 0.717) is 45.0 Å². The maximum atomic E-state index is 16.1. The van der Waals surface area contributed by atoms with E-state index in [1.807, 2.05) is 20.8 Å². The van der Waals surface area contributed by atoms with Crippen LogP contribution in [-0.2, 0) is 57.1 Å². The predicted molar refractivity (Wildman–Crippen MR) is 303 cm³/mol. The lowest BCUT2D eigenvalue weighted by Gasteiger charge is -2.67. The molecule has 11 atom stereocenters. The van der Waals surface area contributed by atoms with Gasteiger partial charge in [0.1, 0.15) is 23.9 Å². The van der Waals surface area contributed by atoms with Gasteiger partial charge in [0.25, 0.3) is 5.91 Å². The van der Waals surface area contributed by atoms with Crippen LogP contribution in [0.5, 0.6) is 0 Å². The molecule has 84 heavy (non-hydrogen) atoms. The summed E-state index contributed by atoms with van der Waals surface area (Å²) in [6.45, 7) is 15.4. The molecule has 458 valence electrons. The number of hydrogen-bond acceptors (Lipinski definition) is 19. The molecular formula is C62H82N4O18. The summed E-state index contributed by atoms with van der Waals surface area (Å²) in [4.78, 5) is 98.3. The lowest BCUT2D eigenvalue weighted by Crippen LogP contribution is -2.82. The highest BCUT2D eigenvalue weighted by Gasteiger charge is 2.78. The predicted octanol–water partition coefficient (Wildman–Crippen LogP) is 4.44. The zero-order valence-electron chi connectivity index (χ0n) is 49.1. The monoisotopic (exact) mass is 1170 g/mol. The number of Topliss-reactive ketones (excluding diaryl/α,β-unsaturated/α-hetero) is 1. The van der Waals surface area contributed by atoms with Crippen molar-refractivity contribution >= 4 is 41.6 Å². The number of aliphatic hydroxyl groups is 3. The molecule has 7 rings (SSSR count). The number of nitrogens with one attached hydrogen (secondary N) is 4. The minimum absolute atomic E-state index is 0.00769. The van der Waals surface area contributed by atoms with Gasteiger partial charge in [0.15, 0.2) is 23.6 Å². The third-order valence-electron chi connectivity index (χ3n) is 16.6. The Morgan fingerprint density at radius 3 is 1.90 bits per heavy atom. The summed E-state index contributed by atoms with van der Waals surface area (Å²) in [5.74, 6) is -6.23. The van der Waals surface area contributed by atoms with Crippen molar-refractivity contribution in [1.82, 2.24) is 21.3 Å². The average molecular weight is 1170 g/mol. The Morgan fingerprint density at radius 2 is 1.33 bits per heavy atom. The molecule has 2 bridgehead atoms. The van der Waals surface area contributed by atoms with Crippen LogP contribution in [-0.4, -0.2) is 171 Å². The molecule has 22 nitrogen and oxygen atoms in total. The van der Waals surface area contributed by atoms with Crippen LogP contribution in [0.1, 0.15) is 113 Å². The van der Waals surface area contributed by atoms with Crippen LogP contribution < -0.4 is 21.3 Å². The van der Waals surface area contributed by atoms with Gasteiger partial charge in [0, 0.05) is 55.9 Å². The van der Waals surface area contributed by atoms with E-state index in [-0.39, 0.29) is 67.6 Å². The van der Waals surface area contributed by atoms with Gasteiger partial charge in [-0.15, -0.1) is 0 Å². The lowest BCUT2D eigenvalue weighted by molar-refractivity contribution is -0.345. The van der Waals surface area contributed by atoms with Gasteiger partial charge in [-0.2, -0.15) is 0 Å². The summed E-state index contributed by atoms with van der Waals surface area (Å²) in [6.07, 6.45) is -11.1. The van der Waals surface area contributed by atoms with Crippen LogP contribution in [0.3, 0.4) is 0 Å². The molecular weight excluding hydrogens is 1090 g/mol. The molecule has 0 aromatic heterocycles. The minimum atomic E-state index is -2.47. The van der Waals surface area contributed by atoms with E-state index in [1.54, 1.807) is 92.7 Å². The first-order valence-corrected chi connectivity index (χ1v) is 28.6. The molecule has 22 heteroatoms. The minimum Gasteiger partial charge on any atom is -0.456 e. The number of ketones is 1. The summed E-state index contributed by atoms with van der Waals surface area (Å²) < 4.78 is 48.0. The number of ether oxygens (including phenoxy) is 8. The highest BCUT2D eigenvalue weighted by atomic mass is 16.6. The second-order valence-electron chi connectivity index (χ2n) is 23.6. The summed E-state index contributed by atoms with van der Waals surface area (Å²) in [7, 11) is 0. The smallest absolute Gasteiger partial charge is 0.408 e. The summed E-state index contributed by atoms with van der Waals surface area (Å²) >= 11 is 0. The van der Waals surface area contributed by atoms with Crippen LogP contribution in [0.15, 0.2) is 102 Å². The standard InChI is InChI=1S/C62H82N4O18/c1-38-43(81-55(73)48(69)47(40-20-12-9-13-21-40)66-53(71)41-22-14-10-15-23-41)35-62(76)52(83-54(72)42-24-16-11-17-25-42)50-60(8,44(68)34-45-61(50,36-80-45)84-39(2)67)51(70)49(46(38)59(62,6)7)82-57(75)64-27-19-29-78-31-33-79-32-30-77-28-18-26-63-37-65-56(74)58(3,4)5/h9-17,20-25,43-45,47-50,52,63,68-69,76H,18-19,26-37H2,1-8H3,(H,64,75)(H,65,74)(H,66,71)/t43-,44-,45?,47-,48+,49+,50-,52-,60?,61-,62+/m0/s1. The van der Waals surface area contributed by atoms with Crippen molar-refractivity contribution in [1.29, 1.82) is 0 Å². The van der Waals surface area contributed by atoms with Crippen molar-refractivity contribution in [3.05, 3.63) is 119 Å². The van der Waals surface area contributed by atoms with Crippen LogP contribution >= 0.6 is 0 Å². The molecule has 3 aromatic rings. The normalized spacial score (nSPS) is 26.7. The highest BCUT2D eigenvalue weighted by molar-refractivity contribution is 5.96. The Labute approximate surface area is 490 Å². The Balaban J connectivity index is 1.12. The van der Waals surface area contributed by atoms with Crippen molar-refractivity contribution < 1.29 is 86.8 Å². The van der Waals surface area contributed by atoms with Gasteiger partial charge in [-0.1, -0.05) is 101 Å². The van der Waals surface area contributed by atoms with E-state index in [9.17, 15) is 44.1 Å². The van der Waals surface area contributed by atoms with Crippen LogP contribution in [0, 0.1) is 22.2 Å². The topological polar surface area (TPSA) is 302 Å². The number of aliphatic hydroxyl groups excluding tert-OH is 2. The van der Waals surface area contributed by atoms with Gasteiger partial charge in [-0.05, 0) is 74.2 Å². The number of carbonyl (C=O) groups is 7. The van der Waals surface area contributed by atoms with Crippen LogP contribution in [0.25, 0.3) is 0 Å². The highest BCUT2D eigenvalue weighted by Crippen LogP contribution is 2.64. The molecule has 2 unspecified atom stereocenters. The van der Waals surface area contributed by atoms with E-state index in [0.717, 1.165) is 13.3 Å². The molecule has 1 saturated heterocycles. The van der Waals surface area contributed by atoms with Gasteiger partial charge in [-0.3, -0.25) is 24.5 Å². The second kappa shape index (κ2) is 28.0. The first-order chi connectivity index (χ1) is 39.9. The Morgan fingerprint density at radius 1 is 0.762 bits per heavy atom. The third-order valence-corrected chi connectivity index (χ3v) is 16.6. The molecule has 1 aliphatic heterocycles. The maximum absolute atomic E-state index is 16.1. The second-order valence-corrected chi connectivity index (χ2v) is 23.6. The number of esters is 3. The van der Waals surface area contributed by atoms with E-state index in [2.05, 4.69) is 21.3 Å². The third kappa shape index (κ3) is 14.4. The van der Waals surface area contributed by atoms with Gasteiger partial charge in [0.2, 0.25) is 5.91 Å². The molecule has 3 aromatic carbocycles. The quantitative estimate of drug-likeness (QED) is 0.0192. The number of carbonyl (C=O) groups excluding carboxylic acids is 7. The van der Waals surface area contributed by atoms with Crippen LogP contribution in [0.2, 0.25) is 0 Å². The van der Waals surface area contributed by atoms with E-state index in [1.165, 1.54) is 26.0 Å². The Kier molecular flexibility index (Phi) is 21.7. The fraction of sp³-hybridized carbons (Fsp3) is 0.565. The number of fused-ring (bicyclic) bond motifs is 5. The number of hydrogen-bond donors (Lipinski definition) is 7. The van der Waals surface area contributed by atoms with Gasteiger partial charge in [0.05, 0.1) is 68.7 Å². The molecule has 3 fully saturated rings. The van der Waals surface area contributed by atoms with E-state index >= 15 is 4.79 Å². The maximum Gasteiger partial charge on any atom is 0.408 e. The summed E-state index contributed by atoms with van der Waals surface area (Å²) in [5.41, 5.74) is -8.01. The van der Waals surface area contributed by atoms with Gasteiger partial charge >= 0.3 is 24.0 Å². The van der Waals surface area contributed by atoms with Crippen molar-refractivity contribution in [2.75, 3.05) is 66.0 Å². The zero-order valence-corrected chi connectivity index (χ0v) is 49.1. The van der Waals surface area contributed by atoms with Crippen molar-refractivity contribution in [2.45, 2.75) is 135 Å². The molecule has 3 amide bonds. The van der Waals surface area contributed by atoms with Crippen LogP contribution in [0.4, 0.5) is 4.79 Å². The summed E-state index contributed by atoms with van der Waals surface area (Å²) in [5, 5.41) is 49.8. The fourth-order valence-corrected chi connectivity index (χ4v) is 11.9. The molecule has 0 spiro atoms. The number of amides is 3. The molecule has 2 saturated carbocycles. The molecule has 1 heterocycles. The fourth-order valence-electron chi connectivity index (χ4n) is 11.9. The average Bonchev–Trinajstić information content (AvgIpc) is 0.685. The Bertz CT molecular complexity index is 2810. The first-order valence-electron chi connectivity index (χ1n) is 28.6. The first kappa shape index (κ1) is 64.9. The van der Waals surface area contributed by atoms with E-state index < -0.39 is 118 Å². The van der Waals surface area contributed by atoms with Crippen molar-refractivity contribution in [2.24, 2.45) is 22.2 Å². The van der Waals surface area contributed by atoms with Crippen molar-refractivity contribution in [3.63, 3.8) is 0 Å². The molecule has 0 radical (unpaired) electrons. The Hall–Kier alpha value is -6.63. The lowest BCUT2D eigenvalue weighted by atomic mass is 9.44. The largest absolute Gasteiger partial charge is 0.456 e. The molecule has 4 aliphatic rings. The van der Waals surface area contributed by atoms with Crippen molar-refractivity contribution in [3.8, 4) is 0 Å².